The number of carbonyl (C=O) groups excluding carboxylic acids is 1. The van der Waals surface area contributed by atoms with E-state index in [1.54, 1.807) is 30.3 Å². The molecule has 0 aliphatic heterocycles. The van der Waals surface area contributed by atoms with Crippen molar-refractivity contribution < 1.29 is 23.1 Å². The molecule has 0 saturated heterocycles. The van der Waals surface area contributed by atoms with Crippen molar-refractivity contribution in [3.63, 3.8) is 0 Å². The van der Waals surface area contributed by atoms with E-state index < -0.39 is 35.4 Å². The van der Waals surface area contributed by atoms with Crippen LogP contribution in [0.4, 0.5) is 13.2 Å². The topological polar surface area (TPSA) is 81.3 Å². The van der Waals surface area contributed by atoms with Gasteiger partial charge in [-0.3, -0.25) is 14.2 Å². The Balaban J connectivity index is 1.90. The summed E-state index contributed by atoms with van der Waals surface area (Å²) in [6.07, 6.45) is -4.64. The molecule has 1 aromatic heterocycles. The predicted molar refractivity (Wildman–Crippen MR) is 116 cm³/mol. The molecule has 0 saturated carbocycles. The number of rotatable bonds is 5. The molecule has 33 heavy (non-hydrogen) atoms. The molecule has 3 aromatic carbocycles. The fraction of sp³-hybridized carbons (Fsp3) is 0.125. The highest BCUT2D eigenvalue weighted by Gasteiger charge is 2.31. The first-order chi connectivity index (χ1) is 15.7. The van der Waals surface area contributed by atoms with Gasteiger partial charge in [0.25, 0.3) is 5.56 Å². The van der Waals surface area contributed by atoms with Crippen LogP contribution < -0.4 is 11.2 Å². The third-order valence-electron chi connectivity index (χ3n) is 5.24. The molecule has 168 valence electrons. The number of ketones is 1. The predicted octanol–water partition coefficient (Wildman–Crippen LogP) is 3.39. The van der Waals surface area contributed by atoms with E-state index in [9.17, 15) is 27.6 Å². The van der Waals surface area contributed by atoms with Crippen LogP contribution in [0.3, 0.4) is 0 Å². The fourth-order valence-electron chi connectivity index (χ4n) is 3.59. The molecule has 9 heteroatoms. The quantitative estimate of drug-likeness (QED) is 0.469. The number of nitrogens with zero attached hydrogens (tertiary/aromatic N) is 2. The molecule has 0 amide bonds. The molecule has 0 aliphatic carbocycles. The number of aliphatic hydroxyl groups is 1. The first-order valence-corrected chi connectivity index (χ1v) is 9.86. The maximum Gasteiger partial charge on any atom is 0.416 e. The second kappa shape index (κ2) is 8.51. The maximum absolute atomic E-state index is 13.3. The summed E-state index contributed by atoms with van der Waals surface area (Å²) < 4.78 is 41.6. The number of hydrogen-bond acceptors (Lipinski definition) is 4. The fourth-order valence-corrected chi connectivity index (χ4v) is 3.59. The van der Waals surface area contributed by atoms with Gasteiger partial charge in [-0.15, -0.1) is 0 Å². The third-order valence-corrected chi connectivity index (χ3v) is 5.24. The molecule has 0 fully saturated rings. The SMILES string of the molecule is O=C(CO)c1ccc(Cn2c(=O)n(-c3cccc(C(F)(F)F)c3)c(=O)c3ccccc32)cc1. The normalized spacial score (nSPS) is 11.6. The molecule has 0 radical (unpaired) electrons. The van der Waals surface area contributed by atoms with Gasteiger partial charge < -0.3 is 5.11 Å². The minimum Gasteiger partial charge on any atom is -0.388 e. The van der Waals surface area contributed by atoms with Crippen molar-refractivity contribution in [2.45, 2.75) is 12.7 Å². The van der Waals surface area contributed by atoms with Crippen LogP contribution in [0.5, 0.6) is 0 Å². The lowest BCUT2D eigenvalue weighted by Gasteiger charge is -2.15. The van der Waals surface area contributed by atoms with Gasteiger partial charge in [0.2, 0.25) is 0 Å². The van der Waals surface area contributed by atoms with Crippen LogP contribution in [0.2, 0.25) is 0 Å². The van der Waals surface area contributed by atoms with Crippen LogP contribution in [0.25, 0.3) is 16.6 Å². The zero-order chi connectivity index (χ0) is 23.8. The summed E-state index contributed by atoms with van der Waals surface area (Å²) in [6, 6.07) is 16.6. The van der Waals surface area contributed by atoms with E-state index in [-0.39, 0.29) is 17.6 Å². The van der Waals surface area contributed by atoms with Crippen LogP contribution in [0.1, 0.15) is 21.5 Å². The van der Waals surface area contributed by atoms with Gasteiger partial charge in [-0.1, -0.05) is 42.5 Å². The summed E-state index contributed by atoms with van der Waals surface area (Å²) in [4.78, 5) is 38.0. The molecule has 0 bridgehead atoms. The number of halogens is 3. The molecule has 1 heterocycles. The van der Waals surface area contributed by atoms with Crippen LogP contribution in [0, 0.1) is 0 Å². The van der Waals surface area contributed by atoms with Crippen LogP contribution >= 0.6 is 0 Å². The number of aliphatic hydroxyl groups excluding tert-OH is 1. The summed E-state index contributed by atoms with van der Waals surface area (Å²) in [6.45, 7) is -0.627. The zero-order valence-electron chi connectivity index (χ0n) is 17.0. The van der Waals surface area contributed by atoms with E-state index in [0.29, 0.717) is 16.6 Å². The highest BCUT2D eigenvalue weighted by atomic mass is 19.4. The van der Waals surface area contributed by atoms with Gasteiger partial charge in [0.15, 0.2) is 5.78 Å². The van der Waals surface area contributed by atoms with Gasteiger partial charge in [0, 0.05) is 5.56 Å². The van der Waals surface area contributed by atoms with Gasteiger partial charge >= 0.3 is 11.9 Å². The lowest BCUT2D eigenvalue weighted by atomic mass is 10.1. The summed E-state index contributed by atoms with van der Waals surface area (Å²) in [5.41, 5.74) is -1.45. The molecule has 4 aromatic rings. The van der Waals surface area contributed by atoms with E-state index in [1.165, 1.54) is 28.8 Å². The highest BCUT2D eigenvalue weighted by molar-refractivity contribution is 5.96. The van der Waals surface area contributed by atoms with Crippen LogP contribution in [-0.2, 0) is 12.7 Å². The average Bonchev–Trinajstić information content (AvgIpc) is 2.81. The van der Waals surface area contributed by atoms with Gasteiger partial charge in [0.1, 0.15) is 6.61 Å². The van der Waals surface area contributed by atoms with Crippen LogP contribution in [0.15, 0.2) is 82.4 Å². The molecular formula is C24H17F3N2O4. The summed E-state index contributed by atoms with van der Waals surface area (Å²) in [5, 5.41) is 9.15. The molecule has 1 N–H and O–H groups in total. The van der Waals surface area contributed by atoms with Crippen molar-refractivity contribution >= 4 is 16.7 Å². The molecule has 0 unspecified atom stereocenters. The van der Waals surface area contributed by atoms with Crippen molar-refractivity contribution in [2.24, 2.45) is 0 Å². The monoisotopic (exact) mass is 454 g/mol. The lowest BCUT2D eigenvalue weighted by molar-refractivity contribution is -0.137. The smallest absolute Gasteiger partial charge is 0.388 e. The van der Waals surface area contributed by atoms with Crippen molar-refractivity contribution in [3.05, 3.63) is 110 Å². The Morgan fingerprint density at radius 2 is 1.61 bits per heavy atom. The molecule has 0 atom stereocenters. The summed E-state index contributed by atoms with van der Waals surface area (Å²) >= 11 is 0. The molecular weight excluding hydrogens is 437 g/mol. The van der Waals surface area contributed by atoms with Gasteiger partial charge in [-0.05, 0) is 35.9 Å². The van der Waals surface area contributed by atoms with Crippen LogP contribution in [-0.4, -0.2) is 26.6 Å². The number of carbonyl (C=O) groups is 1. The van der Waals surface area contributed by atoms with Gasteiger partial charge in [0.05, 0.1) is 28.7 Å². The summed E-state index contributed by atoms with van der Waals surface area (Å²) in [7, 11) is 0. The Morgan fingerprint density at radius 3 is 2.27 bits per heavy atom. The number of alkyl halides is 3. The zero-order valence-corrected chi connectivity index (χ0v) is 17.0. The summed E-state index contributed by atoms with van der Waals surface area (Å²) in [5.74, 6) is -0.456. The van der Waals surface area contributed by atoms with Crippen molar-refractivity contribution in [1.82, 2.24) is 9.13 Å². The Bertz CT molecular complexity index is 1470. The van der Waals surface area contributed by atoms with Crippen molar-refractivity contribution in [1.29, 1.82) is 0 Å². The van der Waals surface area contributed by atoms with Gasteiger partial charge in [-0.25, -0.2) is 9.36 Å². The lowest BCUT2D eigenvalue weighted by Crippen LogP contribution is -2.39. The first-order valence-electron chi connectivity index (χ1n) is 9.86. The Kier molecular flexibility index (Phi) is 5.73. The highest BCUT2D eigenvalue weighted by Crippen LogP contribution is 2.30. The van der Waals surface area contributed by atoms with Crippen molar-refractivity contribution in [3.8, 4) is 5.69 Å². The average molecular weight is 454 g/mol. The molecule has 6 nitrogen and oxygen atoms in total. The number of Topliss-reactive ketones (excluding diaryl/α,β-unsaturated/α-hetero) is 1. The number of benzene rings is 3. The Hall–Kier alpha value is -3.98. The second-order valence-electron chi connectivity index (χ2n) is 7.35. The molecule has 4 rings (SSSR count). The van der Waals surface area contributed by atoms with E-state index >= 15 is 0 Å². The van der Waals surface area contributed by atoms with E-state index in [0.717, 1.165) is 22.8 Å². The Morgan fingerprint density at radius 1 is 0.909 bits per heavy atom. The number of aromatic nitrogens is 2. The standard InChI is InChI=1S/C24H17F3N2O4/c25-24(26,27)17-4-3-5-18(12-17)29-22(32)19-6-1-2-7-20(19)28(23(29)33)13-15-8-10-16(11-9-15)21(31)14-30/h1-12,30H,13-14H2. The minimum atomic E-state index is -4.64. The largest absolute Gasteiger partial charge is 0.416 e. The number of para-hydroxylation sites is 1. The minimum absolute atomic E-state index is 0.00613. The third kappa shape index (κ3) is 4.22. The van der Waals surface area contributed by atoms with Gasteiger partial charge in [-0.2, -0.15) is 13.2 Å². The number of fused-ring (bicyclic) bond motifs is 1. The molecule has 0 spiro atoms. The second-order valence-corrected chi connectivity index (χ2v) is 7.35. The van der Waals surface area contributed by atoms with E-state index in [2.05, 4.69) is 0 Å². The molecule has 0 aliphatic rings. The number of hydrogen-bond donors (Lipinski definition) is 1. The Labute approximate surface area is 184 Å². The van der Waals surface area contributed by atoms with Crippen molar-refractivity contribution in [2.75, 3.05) is 6.61 Å². The maximum atomic E-state index is 13.3. The van der Waals surface area contributed by atoms with E-state index in [4.69, 9.17) is 5.11 Å². The van der Waals surface area contributed by atoms with E-state index in [1.807, 2.05) is 0 Å². The first kappa shape index (κ1) is 22.2.